The van der Waals surface area contributed by atoms with Gasteiger partial charge in [-0.2, -0.15) is 5.10 Å². The predicted octanol–water partition coefficient (Wildman–Crippen LogP) is 3.27. The third-order valence-corrected chi connectivity index (χ3v) is 5.16. The van der Waals surface area contributed by atoms with Crippen LogP contribution in [0.15, 0.2) is 36.5 Å². The molecule has 0 aliphatic heterocycles. The lowest BCUT2D eigenvalue weighted by Gasteiger charge is -2.13. The molecule has 0 bridgehead atoms. The second-order valence-corrected chi connectivity index (χ2v) is 7.36. The standard InChI is InChI=1S/C21H26N6O/c1-3-14(2)18-25-19(22-11-12-23-21(28)15-9-10-15)17-13-24-27(20(17)26-18)16-7-5-4-6-8-16/h4-8,13-15H,3,9-12H2,1-2H3,(H,23,28)(H,22,25,26)/t14-/m0/s1. The first-order chi connectivity index (χ1) is 13.7. The Morgan fingerprint density at radius 1 is 1.21 bits per heavy atom. The van der Waals surface area contributed by atoms with E-state index in [9.17, 15) is 4.79 Å². The minimum Gasteiger partial charge on any atom is -0.368 e. The Morgan fingerprint density at radius 3 is 2.71 bits per heavy atom. The van der Waals surface area contributed by atoms with Gasteiger partial charge in [0.2, 0.25) is 5.91 Å². The Kier molecular flexibility index (Phi) is 5.23. The maximum Gasteiger partial charge on any atom is 0.223 e. The summed E-state index contributed by atoms with van der Waals surface area (Å²) >= 11 is 0. The molecule has 0 saturated heterocycles. The monoisotopic (exact) mass is 378 g/mol. The van der Waals surface area contributed by atoms with E-state index in [2.05, 4.69) is 29.6 Å². The molecule has 28 heavy (non-hydrogen) atoms. The third kappa shape index (κ3) is 3.83. The maximum atomic E-state index is 11.8. The molecule has 7 nitrogen and oxygen atoms in total. The number of hydrogen-bond donors (Lipinski definition) is 2. The zero-order valence-electron chi connectivity index (χ0n) is 16.4. The summed E-state index contributed by atoms with van der Waals surface area (Å²) in [5, 5.41) is 11.8. The topological polar surface area (TPSA) is 84.7 Å². The Hall–Kier alpha value is -2.96. The number of benzene rings is 1. The number of hydrogen-bond acceptors (Lipinski definition) is 5. The van der Waals surface area contributed by atoms with E-state index < -0.39 is 0 Å². The number of para-hydroxylation sites is 1. The maximum absolute atomic E-state index is 11.8. The van der Waals surface area contributed by atoms with Crippen LogP contribution in [0.3, 0.4) is 0 Å². The SMILES string of the molecule is CC[C@H](C)c1nc(NCCNC(=O)C2CC2)c2cnn(-c3ccccc3)c2n1. The van der Waals surface area contributed by atoms with Gasteiger partial charge in [0.1, 0.15) is 11.6 Å². The van der Waals surface area contributed by atoms with Gasteiger partial charge in [-0.1, -0.05) is 32.0 Å². The van der Waals surface area contributed by atoms with E-state index in [1.165, 1.54) is 0 Å². The van der Waals surface area contributed by atoms with Crippen LogP contribution in [-0.4, -0.2) is 38.7 Å². The minimum atomic E-state index is 0.159. The quantitative estimate of drug-likeness (QED) is 0.588. The summed E-state index contributed by atoms with van der Waals surface area (Å²) < 4.78 is 1.85. The van der Waals surface area contributed by atoms with E-state index in [1.54, 1.807) is 6.20 Å². The van der Waals surface area contributed by atoms with Gasteiger partial charge in [-0.25, -0.2) is 14.6 Å². The number of aromatic nitrogens is 4. The number of nitrogens with one attached hydrogen (secondary N) is 2. The van der Waals surface area contributed by atoms with Crippen molar-refractivity contribution < 1.29 is 4.79 Å². The lowest BCUT2D eigenvalue weighted by Crippen LogP contribution is -2.30. The van der Waals surface area contributed by atoms with E-state index >= 15 is 0 Å². The van der Waals surface area contributed by atoms with Crippen molar-refractivity contribution in [3.63, 3.8) is 0 Å². The highest BCUT2D eigenvalue weighted by Crippen LogP contribution is 2.28. The van der Waals surface area contributed by atoms with Crippen LogP contribution in [0.5, 0.6) is 0 Å². The van der Waals surface area contributed by atoms with Crippen LogP contribution in [0.4, 0.5) is 5.82 Å². The molecule has 1 aliphatic rings. The lowest BCUT2D eigenvalue weighted by molar-refractivity contribution is -0.122. The molecule has 3 aromatic rings. The third-order valence-electron chi connectivity index (χ3n) is 5.16. The number of fused-ring (bicyclic) bond motifs is 1. The van der Waals surface area contributed by atoms with Crippen LogP contribution >= 0.6 is 0 Å². The van der Waals surface area contributed by atoms with Crippen molar-refractivity contribution in [2.75, 3.05) is 18.4 Å². The van der Waals surface area contributed by atoms with Crippen LogP contribution in [0.2, 0.25) is 0 Å². The summed E-state index contributed by atoms with van der Waals surface area (Å²) in [6, 6.07) is 9.98. The summed E-state index contributed by atoms with van der Waals surface area (Å²) in [7, 11) is 0. The number of amides is 1. The molecule has 146 valence electrons. The smallest absolute Gasteiger partial charge is 0.223 e. The number of anilines is 1. The second kappa shape index (κ2) is 7.96. The Morgan fingerprint density at radius 2 is 2.00 bits per heavy atom. The largest absolute Gasteiger partial charge is 0.368 e. The average molecular weight is 378 g/mol. The van der Waals surface area contributed by atoms with Crippen LogP contribution < -0.4 is 10.6 Å². The zero-order chi connectivity index (χ0) is 19.5. The predicted molar refractivity (Wildman–Crippen MR) is 110 cm³/mol. The molecule has 1 aromatic carbocycles. The summed E-state index contributed by atoms with van der Waals surface area (Å²) in [5.74, 6) is 2.21. The fourth-order valence-corrected chi connectivity index (χ4v) is 3.08. The van der Waals surface area contributed by atoms with Gasteiger partial charge in [-0.15, -0.1) is 0 Å². The van der Waals surface area contributed by atoms with Crippen molar-refractivity contribution in [1.29, 1.82) is 0 Å². The molecule has 7 heteroatoms. The van der Waals surface area contributed by atoms with Crippen molar-refractivity contribution in [2.45, 2.75) is 39.0 Å². The van der Waals surface area contributed by atoms with Gasteiger partial charge in [-0.05, 0) is 31.4 Å². The van der Waals surface area contributed by atoms with E-state index in [0.29, 0.717) is 13.1 Å². The van der Waals surface area contributed by atoms with E-state index in [1.807, 2.05) is 35.0 Å². The molecule has 2 N–H and O–H groups in total. The fourth-order valence-electron chi connectivity index (χ4n) is 3.08. The van der Waals surface area contributed by atoms with Gasteiger partial charge in [0, 0.05) is 24.9 Å². The van der Waals surface area contributed by atoms with Gasteiger partial charge >= 0.3 is 0 Å². The summed E-state index contributed by atoms with van der Waals surface area (Å²) in [6.07, 6.45) is 4.79. The fraction of sp³-hybridized carbons (Fsp3) is 0.429. The highest BCUT2D eigenvalue weighted by atomic mass is 16.2. The van der Waals surface area contributed by atoms with Gasteiger partial charge in [-0.3, -0.25) is 4.79 Å². The Labute approximate surface area is 164 Å². The average Bonchev–Trinajstić information content (AvgIpc) is 3.50. The van der Waals surface area contributed by atoms with E-state index in [-0.39, 0.29) is 17.7 Å². The number of rotatable bonds is 8. The Balaban J connectivity index is 1.60. The van der Waals surface area contributed by atoms with Gasteiger partial charge < -0.3 is 10.6 Å². The molecule has 1 aliphatic carbocycles. The molecule has 1 atom stereocenters. The number of nitrogens with zero attached hydrogens (tertiary/aromatic N) is 4. The lowest BCUT2D eigenvalue weighted by atomic mass is 10.1. The van der Waals surface area contributed by atoms with Crippen LogP contribution in [0.1, 0.15) is 44.9 Å². The molecule has 2 aromatic heterocycles. The highest BCUT2D eigenvalue weighted by Gasteiger charge is 2.29. The van der Waals surface area contributed by atoms with Crippen LogP contribution in [0.25, 0.3) is 16.7 Å². The highest BCUT2D eigenvalue weighted by molar-refractivity contribution is 5.87. The number of carbonyl (C=O) groups excluding carboxylic acids is 1. The minimum absolute atomic E-state index is 0.159. The first-order valence-electron chi connectivity index (χ1n) is 10.00. The first-order valence-corrected chi connectivity index (χ1v) is 10.00. The van der Waals surface area contributed by atoms with Crippen molar-refractivity contribution in [3.8, 4) is 5.69 Å². The molecule has 1 saturated carbocycles. The summed E-state index contributed by atoms with van der Waals surface area (Å²) in [5.41, 5.74) is 1.76. The molecule has 0 radical (unpaired) electrons. The molecular weight excluding hydrogens is 352 g/mol. The van der Waals surface area contributed by atoms with E-state index in [4.69, 9.17) is 9.97 Å². The molecule has 0 spiro atoms. The molecule has 1 amide bonds. The molecule has 0 unspecified atom stereocenters. The summed E-state index contributed by atoms with van der Waals surface area (Å²) in [6.45, 7) is 5.45. The number of carbonyl (C=O) groups is 1. The van der Waals surface area contributed by atoms with E-state index in [0.717, 1.165) is 47.6 Å². The van der Waals surface area contributed by atoms with Gasteiger partial charge in [0.05, 0.1) is 17.3 Å². The van der Waals surface area contributed by atoms with Crippen molar-refractivity contribution in [2.24, 2.45) is 5.92 Å². The van der Waals surface area contributed by atoms with Crippen molar-refractivity contribution in [1.82, 2.24) is 25.1 Å². The van der Waals surface area contributed by atoms with Crippen LogP contribution in [-0.2, 0) is 4.79 Å². The normalized spacial score (nSPS) is 14.8. The molecule has 2 heterocycles. The van der Waals surface area contributed by atoms with Gasteiger partial charge in [0.25, 0.3) is 0 Å². The second-order valence-electron chi connectivity index (χ2n) is 7.36. The zero-order valence-corrected chi connectivity index (χ0v) is 16.4. The van der Waals surface area contributed by atoms with Crippen LogP contribution in [0, 0.1) is 5.92 Å². The molecule has 4 rings (SSSR count). The molecular formula is C21H26N6O. The molecule has 1 fully saturated rings. The van der Waals surface area contributed by atoms with Crippen molar-refractivity contribution in [3.05, 3.63) is 42.4 Å². The first kappa shape index (κ1) is 18.4. The van der Waals surface area contributed by atoms with Gasteiger partial charge in [0.15, 0.2) is 5.65 Å². The van der Waals surface area contributed by atoms with Crippen molar-refractivity contribution >= 4 is 22.8 Å². The Bertz CT molecular complexity index is 964. The summed E-state index contributed by atoms with van der Waals surface area (Å²) in [4.78, 5) is 21.4.